The Labute approximate surface area is 192 Å². The number of hydrogen-bond acceptors (Lipinski definition) is 7. The van der Waals surface area contributed by atoms with E-state index in [9.17, 15) is 18.0 Å². The zero-order valence-corrected chi connectivity index (χ0v) is 18.1. The number of hydrogen-bond donors (Lipinski definition) is 4. The zero-order valence-electron chi connectivity index (χ0n) is 18.1. The summed E-state index contributed by atoms with van der Waals surface area (Å²) in [6.45, 7) is 3.34. The topological polar surface area (TPSA) is 133 Å². The number of carbonyl (C=O) groups excluding carboxylic acids is 1. The number of nitrogens with one attached hydrogen (secondary N) is 3. The van der Waals surface area contributed by atoms with E-state index >= 15 is 0 Å². The Morgan fingerprint density at radius 3 is 2.76 bits per heavy atom. The van der Waals surface area contributed by atoms with Crippen LogP contribution < -0.4 is 16.0 Å². The molecular weight excluding hydrogens is 451 g/mol. The number of alkyl halides is 3. The SMILES string of the molecule is CC1COCCN1c1cc(-c2cccc(C(F)(F)F)c2C(N)=O)c(C=N)c(Nc2ccn[nH]2)n1. The second-order valence-electron chi connectivity index (χ2n) is 7.74. The maximum atomic E-state index is 13.7. The van der Waals surface area contributed by atoms with Crippen LogP contribution in [0.15, 0.2) is 36.5 Å². The third-order valence-corrected chi connectivity index (χ3v) is 5.51. The van der Waals surface area contributed by atoms with Crippen molar-refractivity contribution < 1.29 is 22.7 Å². The molecule has 0 spiro atoms. The number of carbonyl (C=O) groups is 1. The number of aromatic nitrogens is 3. The van der Waals surface area contributed by atoms with E-state index in [1.807, 2.05) is 11.8 Å². The van der Waals surface area contributed by atoms with Gasteiger partial charge in [-0.3, -0.25) is 9.89 Å². The van der Waals surface area contributed by atoms with Crippen LogP contribution in [0.1, 0.15) is 28.4 Å². The van der Waals surface area contributed by atoms with Crippen molar-refractivity contribution in [3.05, 3.63) is 53.2 Å². The highest BCUT2D eigenvalue weighted by molar-refractivity contribution is 6.05. The van der Waals surface area contributed by atoms with E-state index in [0.29, 0.717) is 31.4 Å². The summed E-state index contributed by atoms with van der Waals surface area (Å²) in [6.07, 6.45) is -2.31. The van der Waals surface area contributed by atoms with Crippen molar-refractivity contribution in [2.45, 2.75) is 19.1 Å². The fourth-order valence-corrected chi connectivity index (χ4v) is 3.95. The first kappa shape index (κ1) is 23.2. The molecule has 4 rings (SSSR count). The summed E-state index contributed by atoms with van der Waals surface area (Å²) in [4.78, 5) is 18.8. The van der Waals surface area contributed by atoms with Gasteiger partial charge in [0, 0.05) is 24.4 Å². The lowest BCUT2D eigenvalue weighted by Crippen LogP contribution is -2.44. The third kappa shape index (κ3) is 4.44. The minimum atomic E-state index is -4.79. The molecule has 3 heterocycles. The largest absolute Gasteiger partial charge is 0.417 e. The Bertz CT molecular complexity index is 1210. The van der Waals surface area contributed by atoms with Gasteiger partial charge in [-0.2, -0.15) is 18.3 Å². The van der Waals surface area contributed by atoms with Gasteiger partial charge < -0.3 is 26.1 Å². The van der Waals surface area contributed by atoms with Gasteiger partial charge in [-0.1, -0.05) is 12.1 Å². The number of ether oxygens (including phenoxy) is 1. The Kier molecular flexibility index (Phi) is 6.24. The van der Waals surface area contributed by atoms with E-state index in [-0.39, 0.29) is 28.6 Å². The number of aromatic amines is 1. The second-order valence-corrected chi connectivity index (χ2v) is 7.74. The summed E-state index contributed by atoms with van der Waals surface area (Å²) in [7, 11) is 0. The van der Waals surface area contributed by atoms with Gasteiger partial charge in [0.2, 0.25) is 5.91 Å². The minimum absolute atomic E-state index is 0.0435. The van der Waals surface area contributed by atoms with Crippen LogP contribution in [0.25, 0.3) is 11.1 Å². The molecule has 0 aliphatic carbocycles. The lowest BCUT2D eigenvalue weighted by Gasteiger charge is -2.35. The van der Waals surface area contributed by atoms with Gasteiger partial charge >= 0.3 is 6.18 Å². The molecule has 0 radical (unpaired) electrons. The molecule has 1 saturated heterocycles. The predicted octanol–water partition coefficient (Wildman–Crippen LogP) is 3.56. The number of pyridine rings is 1. The molecule has 5 N–H and O–H groups in total. The number of halogens is 3. The molecule has 9 nitrogen and oxygen atoms in total. The summed E-state index contributed by atoms with van der Waals surface area (Å²) < 4.78 is 46.7. The molecule has 1 atom stereocenters. The number of rotatable bonds is 6. The van der Waals surface area contributed by atoms with Crippen molar-refractivity contribution in [3.8, 4) is 11.1 Å². The normalized spacial score (nSPS) is 16.4. The predicted molar refractivity (Wildman–Crippen MR) is 121 cm³/mol. The fourth-order valence-electron chi connectivity index (χ4n) is 3.95. The molecule has 0 saturated carbocycles. The highest BCUT2D eigenvalue weighted by Crippen LogP contribution is 2.40. The van der Waals surface area contributed by atoms with Gasteiger partial charge in [-0.15, -0.1) is 0 Å². The Morgan fingerprint density at radius 2 is 2.15 bits per heavy atom. The van der Waals surface area contributed by atoms with Crippen LogP contribution >= 0.6 is 0 Å². The van der Waals surface area contributed by atoms with Crippen LogP contribution in [0.4, 0.5) is 30.6 Å². The number of nitrogens with zero attached hydrogens (tertiary/aromatic N) is 3. The molecule has 1 aliphatic rings. The fraction of sp³-hybridized carbons (Fsp3) is 0.273. The summed E-state index contributed by atoms with van der Waals surface area (Å²) >= 11 is 0. The van der Waals surface area contributed by atoms with E-state index in [4.69, 9.17) is 15.9 Å². The zero-order chi connectivity index (χ0) is 24.5. The number of morpholine rings is 1. The van der Waals surface area contributed by atoms with Gasteiger partial charge in [0.1, 0.15) is 17.5 Å². The van der Waals surface area contributed by atoms with E-state index in [1.54, 1.807) is 12.1 Å². The van der Waals surface area contributed by atoms with Gasteiger partial charge in [0.15, 0.2) is 0 Å². The number of amides is 1. The van der Waals surface area contributed by atoms with Crippen molar-refractivity contribution in [2.75, 3.05) is 30.0 Å². The number of primary amides is 1. The lowest BCUT2D eigenvalue weighted by molar-refractivity contribution is -0.137. The molecular formula is C22H22F3N7O2. The van der Waals surface area contributed by atoms with Gasteiger partial charge in [0.25, 0.3) is 0 Å². The third-order valence-electron chi connectivity index (χ3n) is 5.51. The van der Waals surface area contributed by atoms with Crippen molar-refractivity contribution >= 4 is 29.6 Å². The van der Waals surface area contributed by atoms with E-state index in [2.05, 4.69) is 20.5 Å². The second kappa shape index (κ2) is 9.14. The first-order valence-electron chi connectivity index (χ1n) is 10.4. The number of H-pyrrole nitrogens is 1. The van der Waals surface area contributed by atoms with Gasteiger partial charge in [-0.25, -0.2) is 4.98 Å². The average Bonchev–Trinajstić information content (AvgIpc) is 3.31. The van der Waals surface area contributed by atoms with E-state index in [0.717, 1.165) is 12.3 Å². The number of benzene rings is 1. The van der Waals surface area contributed by atoms with Crippen molar-refractivity contribution in [1.82, 2.24) is 15.2 Å². The van der Waals surface area contributed by atoms with Crippen LogP contribution in [0.2, 0.25) is 0 Å². The molecule has 0 bridgehead atoms. The molecule has 1 amide bonds. The van der Waals surface area contributed by atoms with Crippen LogP contribution in [0, 0.1) is 5.41 Å². The molecule has 3 aromatic rings. The summed E-state index contributed by atoms with van der Waals surface area (Å²) in [5.41, 5.74) is 3.96. The first-order chi connectivity index (χ1) is 16.2. The Hall–Kier alpha value is -3.93. The molecule has 12 heteroatoms. The Balaban J connectivity index is 1.99. The van der Waals surface area contributed by atoms with Crippen LogP contribution in [0.3, 0.4) is 0 Å². The highest BCUT2D eigenvalue weighted by Gasteiger charge is 2.36. The molecule has 1 fully saturated rings. The summed E-state index contributed by atoms with van der Waals surface area (Å²) in [5.74, 6) is -0.0996. The molecule has 1 aromatic carbocycles. The highest BCUT2D eigenvalue weighted by atomic mass is 19.4. The first-order valence-corrected chi connectivity index (χ1v) is 10.4. The van der Waals surface area contributed by atoms with Crippen LogP contribution in [-0.4, -0.2) is 53.1 Å². The lowest BCUT2D eigenvalue weighted by atomic mass is 9.92. The smallest absolute Gasteiger partial charge is 0.377 e. The number of nitrogens with two attached hydrogens (primary N) is 1. The molecule has 1 aliphatic heterocycles. The van der Waals surface area contributed by atoms with Crippen LogP contribution in [-0.2, 0) is 10.9 Å². The van der Waals surface area contributed by atoms with Crippen molar-refractivity contribution in [3.63, 3.8) is 0 Å². The standard InChI is InChI=1S/C22H22F3N7O2/c1-12-11-34-8-7-32(12)18-9-14(15(10-26)21(30-18)29-17-5-6-28-31-17)13-3-2-4-16(22(23,24)25)19(13)20(27)33/h2-6,9-10,12,26H,7-8,11H2,1H3,(H2,27,33)(H2,28,29,30,31). The molecule has 2 aromatic heterocycles. The molecule has 34 heavy (non-hydrogen) atoms. The molecule has 1 unspecified atom stereocenters. The minimum Gasteiger partial charge on any atom is -0.377 e. The van der Waals surface area contributed by atoms with Gasteiger partial charge in [-0.05, 0) is 30.2 Å². The summed E-state index contributed by atoms with van der Waals surface area (Å²) in [5, 5.41) is 17.6. The van der Waals surface area contributed by atoms with Crippen LogP contribution in [0.5, 0.6) is 0 Å². The average molecular weight is 473 g/mol. The van der Waals surface area contributed by atoms with E-state index in [1.165, 1.54) is 18.3 Å². The maximum absolute atomic E-state index is 13.7. The van der Waals surface area contributed by atoms with Gasteiger partial charge in [0.05, 0.1) is 36.6 Å². The monoisotopic (exact) mass is 473 g/mol. The van der Waals surface area contributed by atoms with Crippen molar-refractivity contribution in [1.29, 1.82) is 5.41 Å². The maximum Gasteiger partial charge on any atom is 0.417 e. The Morgan fingerprint density at radius 1 is 1.35 bits per heavy atom. The summed E-state index contributed by atoms with van der Waals surface area (Å²) in [6, 6.07) is 6.54. The number of anilines is 3. The van der Waals surface area contributed by atoms with Crippen molar-refractivity contribution in [2.24, 2.45) is 5.73 Å². The quantitative estimate of drug-likeness (QED) is 0.405. The molecule has 178 valence electrons. The van der Waals surface area contributed by atoms with E-state index < -0.39 is 23.2 Å².